The van der Waals surface area contributed by atoms with Crippen molar-refractivity contribution < 1.29 is 10.2 Å². The van der Waals surface area contributed by atoms with Gasteiger partial charge in [-0.1, -0.05) is 0 Å². The van der Waals surface area contributed by atoms with E-state index in [1.54, 1.807) is 0 Å². The van der Waals surface area contributed by atoms with Crippen molar-refractivity contribution in [3.05, 3.63) is 0 Å². The average molecular weight is 278 g/mol. The number of hydrogen-bond acceptors (Lipinski definition) is 2. The van der Waals surface area contributed by atoms with Gasteiger partial charge < -0.3 is 10.2 Å². The van der Waals surface area contributed by atoms with Crippen molar-refractivity contribution in [3.8, 4) is 0 Å². The predicted molar refractivity (Wildman–Crippen MR) is 79.0 cm³/mol. The quantitative estimate of drug-likeness (QED) is 0.811. The zero-order chi connectivity index (χ0) is 13.7. The van der Waals surface area contributed by atoms with Crippen LogP contribution in [0, 0.1) is 47.3 Å². The second-order valence-corrected chi connectivity index (χ2v) is 8.35. The molecule has 0 unspecified atom stereocenters. The SMILES string of the molecule is OCC[C@@H]1C[C@@H]2C[C@@H]([C@@H]3C[C@H]4C[C@@H](CCO)[C@H]3C4)[C@@H]1C2. The van der Waals surface area contributed by atoms with Crippen LogP contribution in [0.4, 0.5) is 0 Å². The Kier molecular flexibility index (Phi) is 3.58. The lowest BCUT2D eigenvalue weighted by Crippen LogP contribution is -2.33. The minimum atomic E-state index is 0.393. The van der Waals surface area contributed by atoms with Gasteiger partial charge in [-0.25, -0.2) is 0 Å². The lowest BCUT2D eigenvalue weighted by molar-refractivity contribution is 0.0799. The third kappa shape index (κ3) is 2.06. The van der Waals surface area contributed by atoms with E-state index in [4.69, 9.17) is 0 Å². The van der Waals surface area contributed by atoms with Gasteiger partial charge in [-0.3, -0.25) is 0 Å². The van der Waals surface area contributed by atoms with Crippen molar-refractivity contribution in [1.29, 1.82) is 0 Å². The number of aliphatic hydroxyl groups is 2. The molecule has 4 saturated carbocycles. The Labute approximate surface area is 123 Å². The molecule has 8 atom stereocenters. The van der Waals surface area contributed by atoms with Crippen molar-refractivity contribution in [3.63, 3.8) is 0 Å². The third-order valence-corrected chi connectivity index (χ3v) is 7.55. The standard InChI is InChI=1S/C18H30O2/c19-3-1-13-5-11-7-15(13)17(9-11)18-10-12-6-14(2-4-20)16(18)8-12/h11-20H,1-10H2/t11-,12-,13+,14+,15+,16+,17+,18+/m0/s1. The molecule has 2 N–H and O–H groups in total. The van der Waals surface area contributed by atoms with E-state index in [9.17, 15) is 10.2 Å². The topological polar surface area (TPSA) is 40.5 Å². The molecule has 20 heavy (non-hydrogen) atoms. The second kappa shape index (κ2) is 5.28. The molecule has 4 aliphatic rings. The summed E-state index contributed by atoms with van der Waals surface area (Å²) >= 11 is 0. The maximum absolute atomic E-state index is 9.30. The molecule has 4 bridgehead atoms. The largest absolute Gasteiger partial charge is 0.396 e. The van der Waals surface area contributed by atoms with Crippen molar-refractivity contribution in [2.75, 3.05) is 13.2 Å². The molecule has 114 valence electrons. The van der Waals surface area contributed by atoms with E-state index in [2.05, 4.69) is 0 Å². The molecule has 0 saturated heterocycles. The molecule has 0 spiro atoms. The Bertz CT molecular complexity index is 321. The van der Waals surface area contributed by atoms with Gasteiger partial charge in [-0.2, -0.15) is 0 Å². The van der Waals surface area contributed by atoms with Crippen LogP contribution in [0.5, 0.6) is 0 Å². The maximum atomic E-state index is 9.30. The normalized spacial score (nSPS) is 53.1. The monoisotopic (exact) mass is 278 g/mol. The summed E-state index contributed by atoms with van der Waals surface area (Å²) in [6.45, 7) is 0.787. The van der Waals surface area contributed by atoms with Gasteiger partial charge in [0.2, 0.25) is 0 Å². The van der Waals surface area contributed by atoms with Gasteiger partial charge in [0.05, 0.1) is 0 Å². The fraction of sp³-hybridized carbons (Fsp3) is 1.00. The zero-order valence-corrected chi connectivity index (χ0v) is 12.6. The zero-order valence-electron chi connectivity index (χ0n) is 12.6. The van der Waals surface area contributed by atoms with Crippen LogP contribution in [0.25, 0.3) is 0 Å². The third-order valence-electron chi connectivity index (χ3n) is 7.55. The summed E-state index contributed by atoms with van der Waals surface area (Å²) in [6, 6.07) is 0. The number of hydrogen-bond donors (Lipinski definition) is 2. The van der Waals surface area contributed by atoms with E-state index in [1.807, 2.05) is 0 Å². The van der Waals surface area contributed by atoms with E-state index < -0.39 is 0 Å². The van der Waals surface area contributed by atoms with Crippen LogP contribution < -0.4 is 0 Å². The first kappa shape index (κ1) is 13.6. The molecule has 0 radical (unpaired) electrons. The van der Waals surface area contributed by atoms with E-state index in [1.165, 1.54) is 38.5 Å². The number of fused-ring (bicyclic) bond motifs is 4. The van der Waals surface area contributed by atoms with Crippen LogP contribution in [-0.2, 0) is 0 Å². The molecule has 2 heteroatoms. The molecule has 0 aromatic rings. The molecule has 0 aromatic heterocycles. The fourth-order valence-corrected chi connectivity index (χ4v) is 7.09. The Morgan fingerprint density at radius 1 is 0.550 bits per heavy atom. The van der Waals surface area contributed by atoms with Crippen molar-refractivity contribution >= 4 is 0 Å². The molecule has 2 nitrogen and oxygen atoms in total. The smallest absolute Gasteiger partial charge is 0.0433 e. The summed E-state index contributed by atoms with van der Waals surface area (Å²) in [6.07, 6.45) is 10.8. The first-order chi connectivity index (χ1) is 9.80. The van der Waals surface area contributed by atoms with E-state index in [0.717, 1.165) is 60.2 Å². The first-order valence-corrected chi connectivity index (χ1v) is 9.01. The summed E-state index contributed by atoms with van der Waals surface area (Å²) in [4.78, 5) is 0. The molecule has 4 rings (SSSR count). The summed E-state index contributed by atoms with van der Waals surface area (Å²) in [5, 5.41) is 18.6. The van der Waals surface area contributed by atoms with Gasteiger partial charge >= 0.3 is 0 Å². The molecule has 4 aliphatic carbocycles. The fourth-order valence-electron chi connectivity index (χ4n) is 7.09. The Morgan fingerprint density at radius 2 is 0.950 bits per heavy atom. The predicted octanol–water partition coefficient (Wildman–Crippen LogP) is 3.08. The van der Waals surface area contributed by atoms with Gasteiger partial charge in [0, 0.05) is 13.2 Å². The highest BCUT2D eigenvalue weighted by Crippen LogP contribution is 2.63. The summed E-state index contributed by atoms with van der Waals surface area (Å²) in [7, 11) is 0. The Balaban J connectivity index is 1.46. The van der Waals surface area contributed by atoms with Crippen LogP contribution in [0.2, 0.25) is 0 Å². The Hall–Kier alpha value is -0.0800. The molecular formula is C18H30O2. The van der Waals surface area contributed by atoms with Gasteiger partial charge in [0.1, 0.15) is 0 Å². The van der Waals surface area contributed by atoms with Gasteiger partial charge in [0.15, 0.2) is 0 Å². The van der Waals surface area contributed by atoms with Crippen LogP contribution >= 0.6 is 0 Å². The lowest BCUT2D eigenvalue weighted by Gasteiger charge is -2.39. The lowest BCUT2D eigenvalue weighted by atomic mass is 9.66. The van der Waals surface area contributed by atoms with Crippen molar-refractivity contribution in [1.82, 2.24) is 0 Å². The molecule has 4 fully saturated rings. The molecule has 0 amide bonds. The van der Waals surface area contributed by atoms with Gasteiger partial charge in [0.25, 0.3) is 0 Å². The van der Waals surface area contributed by atoms with E-state index in [-0.39, 0.29) is 0 Å². The number of rotatable bonds is 5. The summed E-state index contributed by atoms with van der Waals surface area (Å²) < 4.78 is 0. The van der Waals surface area contributed by atoms with Crippen molar-refractivity contribution in [2.45, 2.75) is 51.4 Å². The average Bonchev–Trinajstić information content (AvgIpc) is 3.17. The number of aliphatic hydroxyl groups excluding tert-OH is 2. The van der Waals surface area contributed by atoms with Crippen LogP contribution in [0.15, 0.2) is 0 Å². The van der Waals surface area contributed by atoms with Gasteiger partial charge in [-0.05, 0) is 98.7 Å². The highest BCUT2D eigenvalue weighted by atomic mass is 16.3. The van der Waals surface area contributed by atoms with Crippen molar-refractivity contribution in [2.24, 2.45) is 47.3 Å². The maximum Gasteiger partial charge on any atom is 0.0433 e. The molecular weight excluding hydrogens is 248 g/mol. The minimum absolute atomic E-state index is 0.393. The molecule has 0 aliphatic heterocycles. The summed E-state index contributed by atoms with van der Waals surface area (Å²) in [5.41, 5.74) is 0. The van der Waals surface area contributed by atoms with Crippen LogP contribution in [0.3, 0.4) is 0 Å². The molecule has 0 heterocycles. The van der Waals surface area contributed by atoms with Crippen LogP contribution in [0.1, 0.15) is 51.4 Å². The molecule has 0 aromatic carbocycles. The highest BCUT2D eigenvalue weighted by molar-refractivity contribution is 5.04. The summed E-state index contributed by atoms with van der Waals surface area (Å²) in [5.74, 6) is 7.45. The minimum Gasteiger partial charge on any atom is -0.396 e. The first-order valence-electron chi connectivity index (χ1n) is 9.01. The van der Waals surface area contributed by atoms with Crippen LogP contribution in [-0.4, -0.2) is 23.4 Å². The second-order valence-electron chi connectivity index (χ2n) is 8.35. The van der Waals surface area contributed by atoms with Gasteiger partial charge in [-0.15, -0.1) is 0 Å². The Morgan fingerprint density at radius 3 is 1.30 bits per heavy atom. The van der Waals surface area contributed by atoms with E-state index in [0.29, 0.717) is 13.2 Å². The highest BCUT2D eigenvalue weighted by Gasteiger charge is 2.54. The van der Waals surface area contributed by atoms with E-state index >= 15 is 0 Å².